The summed E-state index contributed by atoms with van der Waals surface area (Å²) in [5.41, 5.74) is 5.00. The molecule has 3 unspecified atom stereocenters. The minimum atomic E-state index is -1.32. The van der Waals surface area contributed by atoms with Gasteiger partial charge in [0.1, 0.15) is 5.54 Å². The van der Waals surface area contributed by atoms with Crippen molar-refractivity contribution in [2.45, 2.75) is 44.0 Å². The Labute approximate surface area is 145 Å². The number of rotatable bonds is 7. The molecule has 1 aliphatic rings. The van der Waals surface area contributed by atoms with Crippen LogP contribution in [0.4, 0.5) is 0 Å². The first kappa shape index (κ1) is 24.2. The Morgan fingerprint density at radius 1 is 1.27 bits per heavy atom. The highest BCUT2D eigenvalue weighted by Crippen LogP contribution is 2.39. The maximum atomic E-state index is 11.6. The Hall–Kier alpha value is -0.0451. The third kappa shape index (κ3) is 7.02. The van der Waals surface area contributed by atoms with Crippen LogP contribution >= 0.6 is 24.8 Å². The summed E-state index contributed by atoms with van der Waals surface area (Å²) >= 11 is 0. The molecular weight excluding hydrogens is 330 g/mol. The lowest BCUT2D eigenvalue weighted by molar-refractivity contribution is -0.148. The van der Waals surface area contributed by atoms with E-state index in [1.807, 2.05) is 19.0 Å². The summed E-state index contributed by atoms with van der Waals surface area (Å²) in [5, 5.41) is 27.3. The minimum Gasteiger partial charge on any atom is -0.480 e. The highest BCUT2D eigenvalue weighted by atomic mass is 35.5. The van der Waals surface area contributed by atoms with Crippen LogP contribution in [0.15, 0.2) is 0 Å². The number of aliphatic carboxylic acids is 1. The van der Waals surface area contributed by atoms with Crippen molar-refractivity contribution in [2.24, 2.45) is 17.6 Å². The summed E-state index contributed by atoms with van der Waals surface area (Å²) in [5.74, 6) is -0.790. The summed E-state index contributed by atoms with van der Waals surface area (Å²) in [6, 6.07) is 0. The zero-order chi connectivity index (χ0) is 15.3. The molecule has 9 heteroatoms. The number of nitrogens with zero attached hydrogens (tertiary/aromatic N) is 1. The number of hydrogen-bond donors (Lipinski definition) is 4. The van der Waals surface area contributed by atoms with Crippen molar-refractivity contribution in [3.05, 3.63) is 0 Å². The largest absolute Gasteiger partial charge is 0.480 e. The van der Waals surface area contributed by atoms with Crippen LogP contribution in [-0.2, 0) is 4.79 Å². The minimum absolute atomic E-state index is 0. The van der Waals surface area contributed by atoms with Crippen LogP contribution in [-0.4, -0.2) is 59.3 Å². The maximum Gasteiger partial charge on any atom is 0.451 e. The molecule has 0 aliphatic heterocycles. The highest BCUT2D eigenvalue weighted by molar-refractivity contribution is 6.40. The van der Waals surface area contributed by atoms with Gasteiger partial charge in [-0.2, -0.15) is 0 Å². The SMILES string of the molecule is CN(C)CCC1CCC(CCB(O)O)CC1(N)C(=O)O.Cl.Cl. The predicted octanol–water partition coefficient (Wildman–Crippen LogP) is 0.843. The Morgan fingerprint density at radius 3 is 2.32 bits per heavy atom. The normalized spacial score (nSPS) is 27.7. The van der Waals surface area contributed by atoms with E-state index in [9.17, 15) is 9.90 Å². The average molecular weight is 359 g/mol. The quantitative estimate of drug-likeness (QED) is 0.502. The number of carbonyl (C=O) groups is 1. The van der Waals surface area contributed by atoms with Crippen LogP contribution in [0.1, 0.15) is 32.1 Å². The molecule has 0 aromatic carbocycles. The van der Waals surface area contributed by atoms with Crippen molar-refractivity contribution in [3.8, 4) is 0 Å². The van der Waals surface area contributed by atoms with Crippen molar-refractivity contribution in [3.63, 3.8) is 0 Å². The van der Waals surface area contributed by atoms with E-state index in [2.05, 4.69) is 0 Å². The third-order valence-corrected chi connectivity index (χ3v) is 4.43. The smallest absolute Gasteiger partial charge is 0.451 e. The van der Waals surface area contributed by atoms with Crippen LogP contribution in [0.5, 0.6) is 0 Å². The molecule has 3 atom stereocenters. The van der Waals surface area contributed by atoms with Crippen molar-refractivity contribution >= 4 is 37.9 Å². The fourth-order valence-electron chi connectivity index (χ4n) is 3.15. The number of carboxylic acid groups (broad SMARTS) is 1. The molecule has 0 heterocycles. The molecule has 0 spiro atoms. The lowest BCUT2D eigenvalue weighted by atomic mass is 9.65. The molecular formula is C13H29BCl2N2O4. The van der Waals surface area contributed by atoms with E-state index in [-0.39, 0.29) is 43.0 Å². The molecule has 6 nitrogen and oxygen atoms in total. The zero-order valence-electron chi connectivity index (χ0n) is 13.3. The molecule has 1 fully saturated rings. The van der Waals surface area contributed by atoms with Crippen LogP contribution < -0.4 is 5.73 Å². The van der Waals surface area contributed by atoms with E-state index in [0.717, 1.165) is 25.8 Å². The molecule has 0 amide bonds. The Bertz CT molecular complexity index is 337. The fourth-order valence-corrected chi connectivity index (χ4v) is 3.15. The van der Waals surface area contributed by atoms with Crippen LogP contribution in [0.25, 0.3) is 0 Å². The van der Waals surface area contributed by atoms with Gasteiger partial charge < -0.3 is 25.8 Å². The topological polar surface area (TPSA) is 107 Å². The first-order chi connectivity index (χ1) is 9.25. The van der Waals surface area contributed by atoms with Gasteiger partial charge in [0.25, 0.3) is 0 Å². The monoisotopic (exact) mass is 358 g/mol. The van der Waals surface area contributed by atoms with Gasteiger partial charge in [0.15, 0.2) is 0 Å². The van der Waals surface area contributed by atoms with E-state index in [0.29, 0.717) is 12.8 Å². The summed E-state index contributed by atoms with van der Waals surface area (Å²) in [6.45, 7) is 0.830. The summed E-state index contributed by atoms with van der Waals surface area (Å²) in [7, 11) is 2.61. The second-order valence-corrected chi connectivity index (χ2v) is 6.34. The van der Waals surface area contributed by atoms with Gasteiger partial charge in [0.05, 0.1) is 0 Å². The van der Waals surface area contributed by atoms with Gasteiger partial charge in [-0.3, -0.25) is 4.79 Å². The van der Waals surface area contributed by atoms with Crippen molar-refractivity contribution in [1.82, 2.24) is 4.90 Å². The van der Waals surface area contributed by atoms with E-state index in [1.54, 1.807) is 0 Å². The lowest BCUT2D eigenvalue weighted by Crippen LogP contribution is -2.57. The zero-order valence-corrected chi connectivity index (χ0v) is 14.9. The standard InChI is InChI=1S/C13H27BN2O4.2ClH/c1-16(2)8-6-11-4-3-10(5-7-14(19)20)9-13(11,15)12(17)18;;/h10-11,19-20H,3-9,15H2,1-2H3,(H,17,18);2*1H. The second-order valence-electron chi connectivity index (χ2n) is 6.34. The molecule has 0 aromatic rings. The molecule has 1 saturated carbocycles. The van der Waals surface area contributed by atoms with Crippen molar-refractivity contribution < 1.29 is 19.9 Å². The third-order valence-electron chi connectivity index (χ3n) is 4.43. The molecule has 0 aromatic heterocycles. The first-order valence-electron chi connectivity index (χ1n) is 7.29. The number of halogens is 2. The Morgan fingerprint density at radius 2 is 1.86 bits per heavy atom. The van der Waals surface area contributed by atoms with Gasteiger partial charge in [0, 0.05) is 0 Å². The van der Waals surface area contributed by atoms with E-state index < -0.39 is 18.6 Å². The molecule has 132 valence electrons. The van der Waals surface area contributed by atoms with Gasteiger partial charge in [0.2, 0.25) is 0 Å². The number of hydrogen-bond acceptors (Lipinski definition) is 5. The van der Waals surface area contributed by atoms with Gasteiger partial charge in [-0.15, -0.1) is 24.8 Å². The van der Waals surface area contributed by atoms with Crippen LogP contribution in [0.3, 0.4) is 0 Å². The maximum absolute atomic E-state index is 11.6. The summed E-state index contributed by atoms with van der Waals surface area (Å²) in [4.78, 5) is 13.6. The Kier molecular flexibility index (Phi) is 11.8. The van der Waals surface area contributed by atoms with Gasteiger partial charge in [-0.05, 0) is 58.1 Å². The van der Waals surface area contributed by atoms with E-state index >= 15 is 0 Å². The van der Waals surface area contributed by atoms with Crippen molar-refractivity contribution in [2.75, 3.05) is 20.6 Å². The average Bonchev–Trinajstić information content (AvgIpc) is 2.34. The molecule has 0 radical (unpaired) electrons. The number of carboxylic acids is 1. The fraction of sp³-hybridized carbons (Fsp3) is 0.923. The summed E-state index contributed by atoms with van der Waals surface area (Å²) < 4.78 is 0. The lowest BCUT2D eigenvalue weighted by Gasteiger charge is -2.42. The van der Waals surface area contributed by atoms with Crippen molar-refractivity contribution in [1.29, 1.82) is 0 Å². The highest BCUT2D eigenvalue weighted by Gasteiger charge is 2.46. The van der Waals surface area contributed by atoms with Gasteiger partial charge >= 0.3 is 13.1 Å². The molecule has 0 saturated heterocycles. The van der Waals surface area contributed by atoms with Crippen LogP contribution in [0, 0.1) is 11.8 Å². The molecule has 5 N–H and O–H groups in total. The summed E-state index contributed by atoms with van der Waals surface area (Å²) in [6.07, 6.45) is 3.81. The first-order valence-corrected chi connectivity index (χ1v) is 7.29. The van der Waals surface area contributed by atoms with Crippen LogP contribution in [0.2, 0.25) is 6.32 Å². The molecule has 22 heavy (non-hydrogen) atoms. The molecule has 0 bridgehead atoms. The van der Waals surface area contributed by atoms with Gasteiger partial charge in [-0.1, -0.05) is 12.8 Å². The van der Waals surface area contributed by atoms with E-state index in [4.69, 9.17) is 15.8 Å². The molecule has 1 aliphatic carbocycles. The Balaban J connectivity index is 0. The van der Waals surface area contributed by atoms with Gasteiger partial charge in [-0.25, -0.2) is 0 Å². The predicted molar refractivity (Wildman–Crippen MR) is 92.7 cm³/mol. The second kappa shape index (κ2) is 10.7. The van der Waals surface area contributed by atoms with E-state index in [1.165, 1.54) is 0 Å². The number of nitrogens with two attached hydrogens (primary N) is 1. The molecule has 1 rings (SSSR count).